The van der Waals surface area contributed by atoms with Gasteiger partial charge >= 0.3 is 0 Å². The maximum absolute atomic E-state index is 13.9. The fourth-order valence-electron chi connectivity index (χ4n) is 2.00. The Hall–Kier alpha value is -1.09. The van der Waals surface area contributed by atoms with Crippen LogP contribution < -0.4 is 10.6 Å². The van der Waals surface area contributed by atoms with Gasteiger partial charge in [0.05, 0.1) is 0 Å². The van der Waals surface area contributed by atoms with Crippen LogP contribution in [0.4, 0.5) is 10.1 Å². The normalized spacial score (nSPS) is 12.8. The Morgan fingerprint density at radius 2 is 1.94 bits per heavy atom. The van der Waals surface area contributed by atoms with Gasteiger partial charge in [0.15, 0.2) is 0 Å². The largest absolute Gasteiger partial charge is 0.374 e. The summed E-state index contributed by atoms with van der Waals surface area (Å²) in [6.07, 6.45) is 1.68. The Balaban J connectivity index is 2.89. The number of nitrogens with zero attached hydrogens (tertiary/aromatic N) is 1. The summed E-state index contributed by atoms with van der Waals surface area (Å²) in [6, 6.07) is 5.22. The average Bonchev–Trinajstić information content (AvgIpc) is 2.28. The molecule has 18 heavy (non-hydrogen) atoms. The first-order chi connectivity index (χ1) is 8.41. The molecule has 1 aromatic carbocycles. The van der Waals surface area contributed by atoms with Crippen molar-refractivity contribution in [2.45, 2.75) is 39.7 Å². The Bertz CT molecular complexity index is 375. The molecule has 1 unspecified atom stereocenters. The van der Waals surface area contributed by atoms with E-state index in [0.29, 0.717) is 12.3 Å². The molecule has 0 aromatic heterocycles. The molecule has 2 N–H and O–H groups in total. The second kappa shape index (κ2) is 6.74. The van der Waals surface area contributed by atoms with Crippen LogP contribution in [-0.4, -0.2) is 19.6 Å². The van der Waals surface area contributed by atoms with Crippen LogP contribution in [-0.2, 0) is 6.42 Å². The molecule has 3 heteroatoms. The minimum absolute atomic E-state index is 0.0286. The van der Waals surface area contributed by atoms with Gasteiger partial charge in [-0.1, -0.05) is 19.9 Å². The van der Waals surface area contributed by atoms with Crippen LogP contribution in [0.2, 0.25) is 0 Å². The van der Waals surface area contributed by atoms with E-state index in [4.69, 9.17) is 5.73 Å². The van der Waals surface area contributed by atoms with E-state index in [1.165, 1.54) is 6.07 Å². The van der Waals surface area contributed by atoms with Gasteiger partial charge < -0.3 is 10.6 Å². The van der Waals surface area contributed by atoms with E-state index < -0.39 is 0 Å². The highest BCUT2D eigenvalue weighted by Gasteiger charge is 2.13. The smallest absolute Gasteiger partial charge is 0.128 e. The third-order valence-electron chi connectivity index (χ3n) is 3.07. The highest BCUT2D eigenvalue weighted by atomic mass is 19.1. The lowest BCUT2D eigenvalue weighted by molar-refractivity contribution is 0.576. The Kier molecular flexibility index (Phi) is 5.60. The van der Waals surface area contributed by atoms with Gasteiger partial charge in [-0.25, -0.2) is 4.39 Å². The van der Waals surface area contributed by atoms with Crippen LogP contribution in [0.5, 0.6) is 0 Å². The van der Waals surface area contributed by atoms with Gasteiger partial charge in [0.1, 0.15) is 5.82 Å². The third kappa shape index (κ3) is 4.30. The summed E-state index contributed by atoms with van der Waals surface area (Å²) in [7, 11) is 2.02. The molecule has 0 saturated carbocycles. The maximum Gasteiger partial charge on any atom is 0.128 e. The van der Waals surface area contributed by atoms with Crippen LogP contribution >= 0.6 is 0 Å². The highest BCUT2D eigenvalue weighted by molar-refractivity contribution is 5.54. The highest BCUT2D eigenvalue weighted by Crippen LogP contribution is 2.24. The third-order valence-corrected chi connectivity index (χ3v) is 3.07. The summed E-state index contributed by atoms with van der Waals surface area (Å²) >= 11 is 0. The van der Waals surface area contributed by atoms with Gasteiger partial charge in [-0.05, 0) is 37.8 Å². The van der Waals surface area contributed by atoms with Gasteiger partial charge in [-0.3, -0.25) is 0 Å². The molecule has 0 saturated heterocycles. The SMILES string of the molecule is CC(C)CCN(C)c1cccc(F)c1CC(C)N. The molecule has 2 nitrogen and oxygen atoms in total. The quantitative estimate of drug-likeness (QED) is 0.842. The molecule has 0 aliphatic rings. The monoisotopic (exact) mass is 252 g/mol. The number of rotatable bonds is 6. The number of hydrogen-bond donors (Lipinski definition) is 1. The molecule has 0 fully saturated rings. The molecule has 0 heterocycles. The topological polar surface area (TPSA) is 29.3 Å². The van der Waals surface area contributed by atoms with Crippen molar-refractivity contribution >= 4 is 5.69 Å². The van der Waals surface area contributed by atoms with Gasteiger partial charge in [0.25, 0.3) is 0 Å². The Morgan fingerprint density at radius 3 is 2.50 bits per heavy atom. The van der Waals surface area contributed by atoms with Crippen molar-refractivity contribution < 1.29 is 4.39 Å². The Morgan fingerprint density at radius 1 is 1.28 bits per heavy atom. The maximum atomic E-state index is 13.9. The van der Waals surface area contributed by atoms with Crippen LogP contribution in [0, 0.1) is 11.7 Å². The molecule has 102 valence electrons. The second-order valence-electron chi connectivity index (χ2n) is 5.52. The van der Waals surface area contributed by atoms with Crippen molar-refractivity contribution in [2.75, 3.05) is 18.5 Å². The first kappa shape index (κ1) is 15.0. The van der Waals surface area contributed by atoms with Gasteiger partial charge in [0.2, 0.25) is 0 Å². The van der Waals surface area contributed by atoms with Gasteiger partial charge in [0, 0.05) is 30.9 Å². The zero-order valence-electron chi connectivity index (χ0n) is 11.9. The molecule has 1 atom stereocenters. The summed E-state index contributed by atoms with van der Waals surface area (Å²) in [5, 5.41) is 0. The molecular formula is C15H25FN2. The molecule has 0 spiro atoms. The fraction of sp³-hybridized carbons (Fsp3) is 0.600. The van der Waals surface area contributed by atoms with Crippen LogP contribution in [0.15, 0.2) is 18.2 Å². The molecule has 0 aliphatic heterocycles. The first-order valence-electron chi connectivity index (χ1n) is 6.66. The second-order valence-corrected chi connectivity index (χ2v) is 5.52. The standard InChI is InChI=1S/C15H25FN2/c1-11(2)8-9-18(4)15-7-5-6-14(16)13(15)10-12(3)17/h5-7,11-12H,8-10,17H2,1-4H3. The molecule has 0 amide bonds. The van der Waals surface area contributed by atoms with Crippen LogP contribution in [0.25, 0.3) is 0 Å². The van der Waals surface area contributed by atoms with Gasteiger partial charge in [-0.2, -0.15) is 0 Å². The lowest BCUT2D eigenvalue weighted by Gasteiger charge is -2.24. The summed E-state index contributed by atoms with van der Waals surface area (Å²) < 4.78 is 13.9. The van der Waals surface area contributed by atoms with E-state index in [1.54, 1.807) is 6.07 Å². The lowest BCUT2D eigenvalue weighted by Crippen LogP contribution is -2.24. The number of hydrogen-bond acceptors (Lipinski definition) is 2. The average molecular weight is 252 g/mol. The first-order valence-corrected chi connectivity index (χ1v) is 6.66. The molecule has 1 rings (SSSR count). The summed E-state index contributed by atoms with van der Waals surface area (Å²) in [4.78, 5) is 2.13. The van der Waals surface area contributed by atoms with E-state index in [0.717, 1.165) is 24.2 Å². The van der Waals surface area contributed by atoms with Crippen molar-refractivity contribution in [2.24, 2.45) is 11.7 Å². The van der Waals surface area contributed by atoms with Crippen LogP contribution in [0.3, 0.4) is 0 Å². The van der Waals surface area contributed by atoms with E-state index in [1.807, 2.05) is 20.0 Å². The van der Waals surface area contributed by atoms with Gasteiger partial charge in [-0.15, -0.1) is 0 Å². The van der Waals surface area contributed by atoms with E-state index in [2.05, 4.69) is 18.7 Å². The minimum Gasteiger partial charge on any atom is -0.374 e. The van der Waals surface area contributed by atoms with Crippen molar-refractivity contribution in [3.63, 3.8) is 0 Å². The van der Waals surface area contributed by atoms with Crippen LogP contribution in [0.1, 0.15) is 32.8 Å². The van der Waals surface area contributed by atoms with Crippen molar-refractivity contribution in [1.82, 2.24) is 0 Å². The molecule has 0 aliphatic carbocycles. The van der Waals surface area contributed by atoms with Crippen molar-refractivity contribution in [1.29, 1.82) is 0 Å². The molecule has 0 bridgehead atoms. The minimum atomic E-state index is -0.152. The van der Waals surface area contributed by atoms with Crippen molar-refractivity contribution in [3.05, 3.63) is 29.6 Å². The van der Waals surface area contributed by atoms with Crippen molar-refractivity contribution in [3.8, 4) is 0 Å². The summed E-state index contributed by atoms with van der Waals surface area (Å²) in [5.41, 5.74) is 7.50. The molecule has 1 aromatic rings. The van der Waals surface area contributed by atoms with E-state index in [9.17, 15) is 4.39 Å². The summed E-state index contributed by atoms with van der Waals surface area (Å²) in [5.74, 6) is 0.499. The summed E-state index contributed by atoms with van der Waals surface area (Å²) in [6.45, 7) is 7.24. The molecule has 0 radical (unpaired) electrons. The van der Waals surface area contributed by atoms with E-state index >= 15 is 0 Å². The predicted octanol–water partition coefficient (Wildman–Crippen LogP) is 3.20. The zero-order valence-corrected chi connectivity index (χ0v) is 11.9. The number of anilines is 1. The zero-order chi connectivity index (χ0) is 13.7. The van der Waals surface area contributed by atoms with E-state index in [-0.39, 0.29) is 11.9 Å². The predicted molar refractivity (Wildman–Crippen MR) is 76.5 cm³/mol. The number of nitrogens with two attached hydrogens (primary N) is 1. The Labute approximate surface area is 110 Å². The number of benzene rings is 1. The molecular weight excluding hydrogens is 227 g/mol. The fourth-order valence-corrected chi connectivity index (χ4v) is 2.00. The lowest BCUT2D eigenvalue weighted by atomic mass is 10.0. The number of halogens is 1.